The second kappa shape index (κ2) is 6.34. The van der Waals surface area contributed by atoms with Crippen LogP contribution in [0.15, 0.2) is 11.3 Å². The largest absolute Gasteiger partial charge is 0.387 e. The third-order valence-corrected chi connectivity index (χ3v) is 8.82. The number of hydrogen-bond acceptors (Lipinski definition) is 3. The van der Waals surface area contributed by atoms with Crippen LogP contribution in [-0.4, -0.2) is 23.8 Å². The van der Waals surface area contributed by atoms with Crippen molar-refractivity contribution in [2.75, 3.05) is 6.54 Å². The standard InChI is InChI=1S/C24H38N2O2/c1-14-19(27)10-12-24(6)17-9-11-23(5)16(15(17)13-25-20(14)24)7-8-18(23)21(28)26-22(2,3)4/h15-18,25H,7-13H2,1-6H3,(H,26,28)/t15-,16-,17-,18+,23-,24+/m0/s1. The number of amides is 1. The fourth-order valence-corrected chi connectivity index (χ4v) is 7.43. The molecule has 0 spiro atoms. The topological polar surface area (TPSA) is 58.2 Å². The molecule has 0 bridgehead atoms. The molecule has 1 heterocycles. The summed E-state index contributed by atoms with van der Waals surface area (Å²) in [6, 6.07) is 0. The van der Waals surface area contributed by atoms with Crippen molar-refractivity contribution >= 4 is 11.7 Å². The number of carbonyl (C=O) groups excluding carboxylic acids is 2. The molecule has 4 rings (SSSR count). The van der Waals surface area contributed by atoms with Gasteiger partial charge in [0.05, 0.1) is 0 Å². The molecule has 1 amide bonds. The van der Waals surface area contributed by atoms with Crippen molar-refractivity contribution in [2.24, 2.45) is 34.5 Å². The van der Waals surface area contributed by atoms with E-state index in [4.69, 9.17) is 0 Å². The summed E-state index contributed by atoms with van der Waals surface area (Å²) < 4.78 is 0. The number of Topliss-reactive ketones (excluding diaryl/α,β-unsaturated/α-hetero) is 1. The number of hydrogen-bond donors (Lipinski definition) is 2. The second-order valence-corrected chi connectivity index (χ2v) is 11.5. The Morgan fingerprint density at radius 3 is 2.50 bits per heavy atom. The molecule has 3 fully saturated rings. The van der Waals surface area contributed by atoms with Crippen molar-refractivity contribution in [3.63, 3.8) is 0 Å². The third kappa shape index (κ3) is 2.85. The number of fused-ring (bicyclic) bond motifs is 5. The number of ketones is 1. The zero-order chi connectivity index (χ0) is 20.5. The molecular weight excluding hydrogens is 348 g/mol. The van der Waals surface area contributed by atoms with Gasteiger partial charge >= 0.3 is 0 Å². The van der Waals surface area contributed by atoms with E-state index in [-0.39, 0.29) is 28.2 Å². The molecule has 1 saturated heterocycles. The van der Waals surface area contributed by atoms with Crippen LogP contribution in [0.2, 0.25) is 0 Å². The predicted octanol–water partition coefficient (Wildman–Crippen LogP) is 4.21. The summed E-state index contributed by atoms with van der Waals surface area (Å²) in [6.45, 7) is 14.0. The van der Waals surface area contributed by atoms with E-state index in [2.05, 4.69) is 45.3 Å². The third-order valence-electron chi connectivity index (χ3n) is 8.82. The van der Waals surface area contributed by atoms with Gasteiger partial charge in [0.15, 0.2) is 5.78 Å². The summed E-state index contributed by atoms with van der Waals surface area (Å²) in [5.74, 6) is 2.56. The zero-order valence-electron chi connectivity index (χ0n) is 18.6. The maximum Gasteiger partial charge on any atom is 0.224 e. The second-order valence-electron chi connectivity index (χ2n) is 11.5. The van der Waals surface area contributed by atoms with Crippen molar-refractivity contribution in [3.8, 4) is 0 Å². The van der Waals surface area contributed by atoms with Gasteiger partial charge in [0.2, 0.25) is 5.91 Å². The van der Waals surface area contributed by atoms with Gasteiger partial charge in [-0.1, -0.05) is 13.8 Å². The van der Waals surface area contributed by atoms with E-state index < -0.39 is 0 Å². The lowest BCUT2D eigenvalue weighted by Crippen LogP contribution is -2.58. The van der Waals surface area contributed by atoms with Crippen LogP contribution in [0.1, 0.15) is 80.1 Å². The van der Waals surface area contributed by atoms with E-state index in [1.165, 1.54) is 12.1 Å². The van der Waals surface area contributed by atoms with E-state index in [0.717, 1.165) is 37.8 Å². The molecule has 2 N–H and O–H groups in total. The van der Waals surface area contributed by atoms with Crippen LogP contribution in [0.3, 0.4) is 0 Å². The van der Waals surface area contributed by atoms with Crippen LogP contribution in [0, 0.1) is 34.5 Å². The summed E-state index contributed by atoms with van der Waals surface area (Å²) in [7, 11) is 0. The Morgan fingerprint density at radius 2 is 1.82 bits per heavy atom. The van der Waals surface area contributed by atoms with Gasteiger partial charge in [-0.3, -0.25) is 9.59 Å². The summed E-state index contributed by atoms with van der Waals surface area (Å²) in [4.78, 5) is 25.4. The molecule has 28 heavy (non-hydrogen) atoms. The van der Waals surface area contributed by atoms with Crippen molar-refractivity contribution in [1.82, 2.24) is 10.6 Å². The monoisotopic (exact) mass is 386 g/mol. The molecule has 0 unspecified atom stereocenters. The number of piperidine rings is 1. The maximum absolute atomic E-state index is 13.1. The molecule has 4 nitrogen and oxygen atoms in total. The Morgan fingerprint density at radius 1 is 1.11 bits per heavy atom. The van der Waals surface area contributed by atoms with Crippen LogP contribution in [0.25, 0.3) is 0 Å². The van der Waals surface area contributed by atoms with E-state index in [0.29, 0.717) is 30.0 Å². The molecule has 6 atom stereocenters. The fourth-order valence-electron chi connectivity index (χ4n) is 7.43. The van der Waals surface area contributed by atoms with E-state index in [9.17, 15) is 9.59 Å². The number of carbonyl (C=O) groups is 2. The van der Waals surface area contributed by atoms with Crippen LogP contribution in [0.5, 0.6) is 0 Å². The van der Waals surface area contributed by atoms with Gasteiger partial charge in [0.1, 0.15) is 0 Å². The maximum atomic E-state index is 13.1. The molecule has 1 aliphatic heterocycles. The highest BCUT2D eigenvalue weighted by Crippen LogP contribution is 2.64. The van der Waals surface area contributed by atoms with Crippen molar-refractivity contribution in [3.05, 3.63) is 11.3 Å². The number of nitrogens with one attached hydrogen (secondary N) is 2. The van der Waals surface area contributed by atoms with Crippen molar-refractivity contribution in [1.29, 1.82) is 0 Å². The predicted molar refractivity (Wildman–Crippen MR) is 111 cm³/mol. The quantitative estimate of drug-likeness (QED) is 0.710. The van der Waals surface area contributed by atoms with E-state index in [1.807, 2.05) is 6.92 Å². The fraction of sp³-hybridized carbons (Fsp3) is 0.833. The minimum absolute atomic E-state index is 0.105. The first-order valence-electron chi connectivity index (χ1n) is 11.3. The highest BCUT2D eigenvalue weighted by molar-refractivity contribution is 5.96. The van der Waals surface area contributed by atoms with E-state index >= 15 is 0 Å². The smallest absolute Gasteiger partial charge is 0.224 e. The molecule has 0 radical (unpaired) electrons. The highest BCUT2D eigenvalue weighted by atomic mass is 16.2. The van der Waals surface area contributed by atoms with Crippen LogP contribution in [0.4, 0.5) is 0 Å². The lowest BCUT2D eigenvalue weighted by Gasteiger charge is -2.58. The Labute approximate surface area is 170 Å². The Hall–Kier alpha value is -1.32. The minimum atomic E-state index is -0.172. The van der Waals surface area contributed by atoms with Crippen molar-refractivity contribution < 1.29 is 9.59 Å². The van der Waals surface area contributed by atoms with Crippen LogP contribution in [-0.2, 0) is 9.59 Å². The first kappa shape index (κ1) is 20.0. The molecule has 0 aromatic carbocycles. The molecule has 0 aromatic rings. The Balaban J connectivity index is 1.61. The Bertz CT molecular complexity index is 733. The first-order chi connectivity index (χ1) is 13.0. The SMILES string of the molecule is CC1=C2NC[C@H]3[C@@H]4CC[C@H](C(=O)NC(C)(C)C)[C@@]4(C)CC[C@@H]3[C@@]2(C)CCC1=O. The number of allylic oxidation sites excluding steroid dienone is 2. The highest BCUT2D eigenvalue weighted by Gasteiger charge is 2.60. The number of rotatable bonds is 1. The molecule has 0 aromatic heterocycles. The van der Waals surface area contributed by atoms with E-state index in [1.54, 1.807) is 0 Å². The van der Waals surface area contributed by atoms with Gasteiger partial charge in [-0.15, -0.1) is 0 Å². The van der Waals surface area contributed by atoms with Gasteiger partial charge in [-0.2, -0.15) is 0 Å². The lowest BCUT2D eigenvalue weighted by molar-refractivity contribution is -0.134. The van der Waals surface area contributed by atoms with Gasteiger partial charge in [-0.05, 0) is 83.0 Å². The minimum Gasteiger partial charge on any atom is -0.387 e. The molecule has 4 heteroatoms. The van der Waals surface area contributed by atoms with Gasteiger partial charge in [0.25, 0.3) is 0 Å². The summed E-state index contributed by atoms with van der Waals surface area (Å²) in [6.07, 6.45) is 6.16. The molecule has 2 saturated carbocycles. The zero-order valence-corrected chi connectivity index (χ0v) is 18.6. The molecular formula is C24H38N2O2. The first-order valence-corrected chi connectivity index (χ1v) is 11.3. The summed E-state index contributed by atoms with van der Waals surface area (Å²) >= 11 is 0. The molecule has 3 aliphatic carbocycles. The summed E-state index contributed by atoms with van der Waals surface area (Å²) in [5.41, 5.74) is 2.24. The van der Waals surface area contributed by atoms with Crippen LogP contribution < -0.4 is 10.6 Å². The Kier molecular flexibility index (Phi) is 4.52. The summed E-state index contributed by atoms with van der Waals surface area (Å²) in [5, 5.41) is 6.97. The molecule has 4 aliphatic rings. The average molecular weight is 387 g/mol. The van der Waals surface area contributed by atoms with Gasteiger partial charge in [0, 0.05) is 41.1 Å². The average Bonchev–Trinajstić information content (AvgIpc) is 2.94. The lowest BCUT2D eigenvalue weighted by atomic mass is 9.49. The molecule has 156 valence electrons. The van der Waals surface area contributed by atoms with Crippen molar-refractivity contribution in [2.45, 2.75) is 85.6 Å². The van der Waals surface area contributed by atoms with Gasteiger partial charge in [-0.25, -0.2) is 0 Å². The normalized spacial score (nSPS) is 43.0. The van der Waals surface area contributed by atoms with Gasteiger partial charge < -0.3 is 10.6 Å². The van der Waals surface area contributed by atoms with Crippen LogP contribution >= 0.6 is 0 Å².